The zero-order chi connectivity index (χ0) is 21.0. The maximum atomic E-state index is 12.9. The third-order valence-corrected chi connectivity index (χ3v) is 6.14. The Bertz CT molecular complexity index is 965. The van der Waals surface area contributed by atoms with Crippen molar-refractivity contribution < 1.29 is 22.0 Å². The number of hydrogen-bond acceptors (Lipinski definition) is 6. The molecule has 1 saturated heterocycles. The van der Waals surface area contributed by atoms with Gasteiger partial charge in [-0.25, -0.2) is 13.4 Å². The van der Waals surface area contributed by atoms with Gasteiger partial charge in [0.05, 0.1) is 22.2 Å². The third kappa shape index (κ3) is 5.20. The lowest BCUT2D eigenvalue weighted by Crippen LogP contribution is -2.49. The topological polar surface area (TPSA) is 82.6 Å². The summed E-state index contributed by atoms with van der Waals surface area (Å²) in [6, 6.07) is 8.72. The lowest BCUT2D eigenvalue weighted by atomic mass is 10.3. The number of anilines is 2. The fraction of sp³-hybridized carbons (Fsp3) is 0.333. The molecule has 1 aromatic carbocycles. The van der Waals surface area contributed by atoms with E-state index < -0.39 is 26.4 Å². The van der Waals surface area contributed by atoms with E-state index >= 15 is 0 Å². The number of nitrogens with one attached hydrogen (secondary N) is 1. The SMILES string of the molecule is O=C(CN1CCN(c2ccc(Cl)cn2)CC1)Nc1ccccc1S(=O)(=O)C(F)F. The van der Waals surface area contributed by atoms with E-state index in [1.165, 1.54) is 18.2 Å². The highest BCUT2D eigenvalue weighted by Gasteiger charge is 2.29. The summed E-state index contributed by atoms with van der Waals surface area (Å²) < 4.78 is 49.3. The molecule has 11 heteroatoms. The third-order valence-electron chi connectivity index (χ3n) is 4.48. The minimum atomic E-state index is -4.81. The van der Waals surface area contributed by atoms with E-state index in [2.05, 4.69) is 15.2 Å². The van der Waals surface area contributed by atoms with Crippen molar-refractivity contribution in [1.29, 1.82) is 0 Å². The van der Waals surface area contributed by atoms with Crippen LogP contribution in [0.25, 0.3) is 0 Å². The van der Waals surface area contributed by atoms with Crippen LogP contribution in [0.1, 0.15) is 0 Å². The van der Waals surface area contributed by atoms with E-state index in [0.717, 1.165) is 11.9 Å². The Morgan fingerprint density at radius 1 is 1.14 bits per heavy atom. The van der Waals surface area contributed by atoms with E-state index in [0.29, 0.717) is 31.2 Å². The zero-order valence-corrected chi connectivity index (χ0v) is 16.8. The Kier molecular flexibility index (Phi) is 6.66. The molecular formula is C18H19ClF2N4O3S. The maximum absolute atomic E-state index is 12.9. The second kappa shape index (κ2) is 9.02. The smallest absolute Gasteiger partial charge is 0.341 e. The number of piperazine rings is 1. The van der Waals surface area contributed by atoms with Crippen LogP contribution in [0.4, 0.5) is 20.3 Å². The van der Waals surface area contributed by atoms with Crippen molar-refractivity contribution >= 4 is 38.9 Å². The van der Waals surface area contributed by atoms with Gasteiger partial charge in [-0.1, -0.05) is 23.7 Å². The van der Waals surface area contributed by atoms with E-state index in [9.17, 15) is 22.0 Å². The van der Waals surface area contributed by atoms with Crippen LogP contribution in [0.3, 0.4) is 0 Å². The molecule has 0 atom stereocenters. The first kappa shape index (κ1) is 21.4. The first-order valence-electron chi connectivity index (χ1n) is 8.77. The Morgan fingerprint density at radius 2 is 1.83 bits per heavy atom. The lowest BCUT2D eigenvalue weighted by molar-refractivity contribution is -0.117. The standard InChI is InChI=1S/C18H19ClF2N4O3S/c19-13-5-6-16(22-11-13)25-9-7-24(8-10-25)12-17(26)23-14-3-1-2-4-15(14)29(27,28)18(20)21/h1-6,11,18H,7-10,12H2,(H,23,26). The number of nitrogens with zero attached hydrogens (tertiary/aromatic N) is 3. The number of carbonyl (C=O) groups excluding carboxylic acids is 1. The number of para-hydroxylation sites is 1. The number of alkyl halides is 2. The van der Waals surface area contributed by atoms with Gasteiger partial charge < -0.3 is 10.2 Å². The van der Waals surface area contributed by atoms with Crippen molar-refractivity contribution in [2.45, 2.75) is 10.7 Å². The van der Waals surface area contributed by atoms with Gasteiger partial charge in [0.25, 0.3) is 0 Å². The molecule has 1 aromatic heterocycles. The van der Waals surface area contributed by atoms with Crippen LogP contribution in [0, 0.1) is 0 Å². The number of benzene rings is 1. The van der Waals surface area contributed by atoms with Gasteiger partial charge >= 0.3 is 5.76 Å². The molecule has 1 amide bonds. The van der Waals surface area contributed by atoms with Crippen molar-refractivity contribution in [2.75, 3.05) is 42.9 Å². The molecule has 0 spiro atoms. The normalized spacial score (nSPS) is 15.5. The van der Waals surface area contributed by atoms with Crippen LogP contribution in [-0.2, 0) is 14.6 Å². The first-order valence-corrected chi connectivity index (χ1v) is 10.7. The van der Waals surface area contributed by atoms with Gasteiger partial charge in [0.1, 0.15) is 5.82 Å². The number of rotatable bonds is 6. The number of aromatic nitrogens is 1. The number of pyridine rings is 1. The van der Waals surface area contributed by atoms with E-state index in [-0.39, 0.29) is 12.2 Å². The van der Waals surface area contributed by atoms with Gasteiger partial charge in [0, 0.05) is 32.4 Å². The molecule has 1 aliphatic heterocycles. The summed E-state index contributed by atoms with van der Waals surface area (Å²) in [7, 11) is -4.81. The van der Waals surface area contributed by atoms with Gasteiger partial charge in [-0.05, 0) is 24.3 Å². The predicted molar refractivity (Wildman–Crippen MR) is 106 cm³/mol. The zero-order valence-electron chi connectivity index (χ0n) is 15.3. The largest absolute Gasteiger partial charge is 0.354 e. The Balaban J connectivity index is 1.58. The molecule has 2 aromatic rings. The fourth-order valence-corrected chi connectivity index (χ4v) is 3.99. The molecule has 29 heavy (non-hydrogen) atoms. The molecule has 1 aliphatic rings. The van der Waals surface area contributed by atoms with Crippen LogP contribution < -0.4 is 10.2 Å². The molecule has 3 rings (SSSR count). The maximum Gasteiger partial charge on any atom is 0.341 e. The molecule has 2 heterocycles. The van der Waals surface area contributed by atoms with Crippen LogP contribution in [0.2, 0.25) is 5.02 Å². The quantitative estimate of drug-likeness (QED) is 0.737. The summed E-state index contributed by atoms with van der Waals surface area (Å²) in [6.45, 7) is 2.50. The molecule has 156 valence electrons. The Hall–Kier alpha value is -2.30. The van der Waals surface area contributed by atoms with E-state index in [4.69, 9.17) is 11.6 Å². The summed E-state index contributed by atoms with van der Waals surface area (Å²) in [6.07, 6.45) is 1.57. The summed E-state index contributed by atoms with van der Waals surface area (Å²) in [5.74, 6) is -3.24. The second-order valence-electron chi connectivity index (χ2n) is 6.45. The molecule has 0 radical (unpaired) electrons. The van der Waals surface area contributed by atoms with Crippen LogP contribution in [0.5, 0.6) is 0 Å². The first-order chi connectivity index (χ1) is 13.8. The molecule has 1 fully saturated rings. The number of sulfone groups is 1. The molecule has 7 nitrogen and oxygen atoms in total. The number of carbonyl (C=O) groups is 1. The van der Waals surface area contributed by atoms with Crippen molar-refractivity contribution in [1.82, 2.24) is 9.88 Å². The summed E-state index contributed by atoms with van der Waals surface area (Å²) in [4.78, 5) is 20.0. The second-order valence-corrected chi connectivity index (χ2v) is 8.77. The summed E-state index contributed by atoms with van der Waals surface area (Å²) >= 11 is 5.84. The summed E-state index contributed by atoms with van der Waals surface area (Å²) in [5, 5.41) is 2.99. The molecule has 0 unspecified atom stereocenters. The van der Waals surface area contributed by atoms with Gasteiger partial charge in [0.2, 0.25) is 15.7 Å². The Morgan fingerprint density at radius 3 is 2.45 bits per heavy atom. The van der Waals surface area contributed by atoms with Crippen LogP contribution in [0.15, 0.2) is 47.5 Å². The van der Waals surface area contributed by atoms with Crippen molar-refractivity contribution in [2.24, 2.45) is 0 Å². The molecule has 1 N–H and O–H groups in total. The predicted octanol–water partition coefficient (Wildman–Crippen LogP) is 2.49. The molecule has 0 saturated carbocycles. The Labute approximate surface area is 172 Å². The lowest BCUT2D eigenvalue weighted by Gasteiger charge is -2.35. The van der Waals surface area contributed by atoms with Crippen LogP contribution >= 0.6 is 11.6 Å². The minimum absolute atomic E-state index is 0.0188. The van der Waals surface area contributed by atoms with Gasteiger partial charge in [-0.15, -0.1) is 0 Å². The van der Waals surface area contributed by atoms with Gasteiger partial charge in [-0.3, -0.25) is 9.69 Å². The average Bonchev–Trinajstić information content (AvgIpc) is 2.69. The molecule has 0 bridgehead atoms. The molecular weight excluding hydrogens is 426 g/mol. The van der Waals surface area contributed by atoms with E-state index in [1.54, 1.807) is 12.3 Å². The summed E-state index contributed by atoms with van der Waals surface area (Å²) in [5.41, 5.74) is -0.151. The fourth-order valence-electron chi connectivity index (χ4n) is 3.00. The highest BCUT2D eigenvalue weighted by Crippen LogP contribution is 2.26. The number of amides is 1. The van der Waals surface area contributed by atoms with E-state index in [1.807, 2.05) is 11.0 Å². The minimum Gasteiger partial charge on any atom is -0.354 e. The highest BCUT2D eigenvalue weighted by molar-refractivity contribution is 7.91. The van der Waals surface area contributed by atoms with Crippen molar-refractivity contribution in [3.05, 3.63) is 47.6 Å². The number of halogens is 3. The van der Waals surface area contributed by atoms with Gasteiger partial charge in [-0.2, -0.15) is 8.78 Å². The van der Waals surface area contributed by atoms with Crippen molar-refractivity contribution in [3.63, 3.8) is 0 Å². The molecule has 0 aliphatic carbocycles. The van der Waals surface area contributed by atoms with Gasteiger partial charge in [0.15, 0.2) is 0 Å². The monoisotopic (exact) mass is 444 g/mol. The number of hydrogen-bond donors (Lipinski definition) is 1. The average molecular weight is 445 g/mol. The van der Waals surface area contributed by atoms with Crippen LogP contribution in [-0.4, -0.2) is 62.7 Å². The highest BCUT2D eigenvalue weighted by atomic mass is 35.5. The van der Waals surface area contributed by atoms with Crippen molar-refractivity contribution in [3.8, 4) is 0 Å².